The fourth-order valence-electron chi connectivity index (χ4n) is 0.981. The highest BCUT2D eigenvalue weighted by atomic mass is 32.2. The van der Waals surface area contributed by atoms with Crippen molar-refractivity contribution in [3.05, 3.63) is 24.3 Å². The van der Waals surface area contributed by atoms with Gasteiger partial charge in [0.15, 0.2) is 5.25 Å². The summed E-state index contributed by atoms with van der Waals surface area (Å²) in [7, 11) is -2.11. The summed E-state index contributed by atoms with van der Waals surface area (Å²) in [6, 6.07) is 8.08. The minimum Gasteiger partial charge on any atom is -0.497 e. The number of nitriles is 1. The highest BCUT2D eigenvalue weighted by Crippen LogP contribution is 2.17. The largest absolute Gasteiger partial charge is 0.497 e. The van der Waals surface area contributed by atoms with Crippen molar-refractivity contribution >= 4 is 15.7 Å². The number of anilines is 1. The number of rotatable bonds is 4. The molecule has 0 amide bonds. The smallest absolute Gasteiger partial charge is 0.248 e. The maximum Gasteiger partial charge on any atom is 0.248 e. The molecule has 0 heterocycles. The van der Waals surface area contributed by atoms with Crippen molar-refractivity contribution in [2.45, 2.75) is 12.2 Å². The molecule has 1 rings (SSSR count). The fourth-order valence-corrected chi connectivity index (χ4v) is 1.76. The average Bonchev–Trinajstić information content (AvgIpc) is 2.28. The van der Waals surface area contributed by atoms with Crippen molar-refractivity contribution < 1.29 is 13.2 Å². The summed E-state index contributed by atoms with van der Waals surface area (Å²) >= 11 is 0. The first-order valence-electron chi connectivity index (χ1n) is 4.55. The number of sulfonamides is 1. The normalized spacial score (nSPS) is 12.6. The van der Waals surface area contributed by atoms with Crippen LogP contribution in [-0.4, -0.2) is 20.8 Å². The van der Waals surface area contributed by atoms with Gasteiger partial charge in [-0.2, -0.15) is 5.26 Å². The van der Waals surface area contributed by atoms with E-state index in [2.05, 4.69) is 4.72 Å². The Morgan fingerprint density at radius 2 is 1.94 bits per heavy atom. The van der Waals surface area contributed by atoms with Crippen molar-refractivity contribution in [1.82, 2.24) is 0 Å². The van der Waals surface area contributed by atoms with Gasteiger partial charge in [-0.15, -0.1) is 0 Å². The molecule has 0 saturated carbocycles. The third kappa shape index (κ3) is 2.87. The molecule has 1 N–H and O–H groups in total. The van der Waals surface area contributed by atoms with Crippen molar-refractivity contribution in [1.29, 1.82) is 5.26 Å². The summed E-state index contributed by atoms with van der Waals surface area (Å²) < 4.78 is 30.3. The Kier molecular flexibility index (Phi) is 3.74. The van der Waals surface area contributed by atoms with Gasteiger partial charge in [-0.3, -0.25) is 4.72 Å². The molecule has 0 aromatic heterocycles. The van der Waals surface area contributed by atoms with Crippen LogP contribution in [0.3, 0.4) is 0 Å². The topological polar surface area (TPSA) is 79.2 Å². The van der Waals surface area contributed by atoms with Crippen LogP contribution in [0.2, 0.25) is 0 Å². The fraction of sp³-hybridized carbons (Fsp3) is 0.300. The maximum atomic E-state index is 11.5. The summed E-state index contributed by atoms with van der Waals surface area (Å²) in [5.74, 6) is 0.635. The van der Waals surface area contributed by atoms with Crippen molar-refractivity contribution in [2.24, 2.45) is 0 Å². The lowest BCUT2D eigenvalue weighted by atomic mass is 10.3. The van der Waals surface area contributed by atoms with Gasteiger partial charge in [-0.05, 0) is 31.2 Å². The molecule has 0 radical (unpaired) electrons. The molecule has 1 aromatic carbocycles. The Bertz CT molecular complexity index is 488. The van der Waals surface area contributed by atoms with Crippen LogP contribution in [0.5, 0.6) is 5.75 Å². The molecule has 0 aliphatic heterocycles. The molecule has 0 bridgehead atoms. The maximum absolute atomic E-state index is 11.5. The van der Waals surface area contributed by atoms with Crippen molar-refractivity contribution in [2.75, 3.05) is 11.8 Å². The molecule has 0 saturated heterocycles. The van der Waals surface area contributed by atoms with E-state index in [4.69, 9.17) is 10.00 Å². The molecule has 0 spiro atoms. The van der Waals surface area contributed by atoms with Crippen LogP contribution < -0.4 is 9.46 Å². The molecule has 0 aliphatic rings. The molecule has 0 aliphatic carbocycles. The first-order chi connectivity index (χ1) is 7.49. The molecule has 5 nitrogen and oxygen atoms in total. The summed E-state index contributed by atoms with van der Waals surface area (Å²) in [4.78, 5) is 0. The van der Waals surface area contributed by atoms with E-state index in [1.807, 2.05) is 0 Å². The molecular formula is C10H12N2O3S. The Balaban J connectivity index is 2.85. The predicted molar refractivity (Wildman–Crippen MR) is 60.6 cm³/mol. The number of hydrogen-bond donors (Lipinski definition) is 1. The van der Waals surface area contributed by atoms with Gasteiger partial charge in [-0.25, -0.2) is 8.42 Å². The van der Waals surface area contributed by atoms with Crippen LogP contribution in [0.4, 0.5) is 5.69 Å². The standard InChI is InChI=1S/C10H12N2O3S/c1-8(7-11)16(13,14)12-9-3-5-10(15-2)6-4-9/h3-6,8,12H,1-2H3. The molecule has 1 unspecified atom stereocenters. The quantitative estimate of drug-likeness (QED) is 0.861. The Morgan fingerprint density at radius 3 is 2.38 bits per heavy atom. The zero-order valence-corrected chi connectivity index (χ0v) is 9.78. The highest BCUT2D eigenvalue weighted by molar-refractivity contribution is 7.93. The number of nitrogens with zero attached hydrogens (tertiary/aromatic N) is 1. The van der Waals surface area contributed by atoms with E-state index in [9.17, 15) is 8.42 Å². The zero-order valence-electron chi connectivity index (χ0n) is 8.97. The molecule has 16 heavy (non-hydrogen) atoms. The molecule has 86 valence electrons. The van der Waals surface area contributed by atoms with E-state index in [0.717, 1.165) is 0 Å². The first-order valence-corrected chi connectivity index (χ1v) is 6.09. The van der Waals surface area contributed by atoms with E-state index < -0.39 is 15.3 Å². The summed E-state index contributed by atoms with van der Waals surface area (Å²) in [5, 5.41) is 7.45. The van der Waals surface area contributed by atoms with Crippen LogP contribution in [0.1, 0.15) is 6.92 Å². The number of ether oxygens (including phenoxy) is 1. The van der Waals surface area contributed by atoms with Gasteiger partial charge in [0.2, 0.25) is 10.0 Å². The minimum absolute atomic E-state index is 0.405. The monoisotopic (exact) mass is 240 g/mol. The van der Waals surface area contributed by atoms with Gasteiger partial charge in [0.1, 0.15) is 5.75 Å². The lowest BCUT2D eigenvalue weighted by Crippen LogP contribution is -2.23. The SMILES string of the molecule is COc1ccc(NS(=O)(=O)C(C)C#N)cc1. The van der Waals surface area contributed by atoms with E-state index in [1.54, 1.807) is 30.3 Å². The number of methoxy groups -OCH3 is 1. The predicted octanol–water partition coefficient (Wildman–Crippen LogP) is 1.35. The lowest BCUT2D eigenvalue weighted by Gasteiger charge is -2.09. The summed E-state index contributed by atoms with van der Waals surface area (Å²) in [5.41, 5.74) is 0.405. The highest BCUT2D eigenvalue weighted by Gasteiger charge is 2.19. The zero-order chi connectivity index (χ0) is 12.2. The van der Waals surface area contributed by atoms with Crippen LogP contribution in [0.25, 0.3) is 0 Å². The van der Waals surface area contributed by atoms with E-state index in [1.165, 1.54) is 14.0 Å². The molecule has 0 fully saturated rings. The Labute approximate surface area is 94.7 Å². The molecule has 6 heteroatoms. The van der Waals surface area contributed by atoms with Gasteiger partial charge in [0.25, 0.3) is 0 Å². The Hall–Kier alpha value is -1.74. The number of hydrogen-bond acceptors (Lipinski definition) is 4. The second kappa shape index (κ2) is 4.86. The van der Waals surface area contributed by atoms with Crippen molar-refractivity contribution in [3.8, 4) is 11.8 Å². The van der Waals surface area contributed by atoms with Gasteiger partial charge in [0.05, 0.1) is 13.2 Å². The van der Waals surface area contributed by atoms with E-state index in [-0.39, 0.29) is 0 Å². The van der Waals surface area contributed by atoms with Crippen LogP contribution in [-0.2, 0) is 10.0 Å². The minimum atomic E-state index is -3.63. The van der Waals surface area contributed by atoms with E-state index in [0.29, 0.717) is 11.4 Å². The molecule has 1 atom stereocenters. The summed E-state index contributed by atoms with van der Waals surface area (Å²) in [6.45, 7) is 1.33. The van der Waals surface area contributed by atoms with E-state index >= 15 is 0 Å². The molecule has 1 aromatic rings. The van der Waals surface area contributed by atoms with Crippen LogP contribution in [0.15, 0.2) is 24.3 Å². The van der Waals surface area contributed by atoms with Crippen LogP contribution in [0, 0.1) is 11.3 Å². The molecular weight excluding hydrogens is 228 g/mol. The average molecular weight is 240 g/mol. The second-order valence-electron chi connectivity index (χ2n) is 3.15. The van der Waals surface area contributed by atoms with Gasteiger partial charge >= 0.3 is 0 Å². The summed E-state index contributed by atoms with van der Waals surface area (Å²) in [6.07, 6.45) is 0. The van der Waals surface area contributed by atoms with Crippen molar-refractivity contribution in [3.63, 3.8) is 0 Å². The lowest BCUT2D eigenvalue weighted by molar-refractivity contribution is 0.415. The number of nitrogens with one attached hydrogen (secondary N) is 1. The first kappa shape index (κ1) is 12.3. The second-order valence-corrected chi connectivity index (χ2v) is 5.15. The van der Waals surface area contributed by atoms with Crippen LogP contribution >= 0.6 is 0 Å². The number of benzene rings is 1. The third-order valence-electron chi connectivity index (χ3n) is 2.00. The van der Waals surface area contributed by atoms with Gasteiger partial charge in [-0.1, -0.05) is 0 Å². The van der Waals surface area contributed by atoms with Gasteiger partial charge < -0.3 is 4.74 Å². The third-order valence-corrected chi connectivity index (χ3v) is 3.55. The Morgan fingerprint density at radius 1 is 1.38 bits per heavy atom. The van der Waals surface area contributed by atoms with Gasteiger partial charge in [0, 0.05) is 5.69 Å².